The number of nitrogens with zero attached hydrogens (tertiary/aromatic N) is 2. The molecule has 5 nitrogen and oxygen atoms in total. The first-order valence-corrected chi connectivity index (χ1v) is 8.92. The Kier molecular flexibility index (Phi) is 4.46. The second-order valence-electron chi connectivity index (χ2n) is 5.11. The summed E-state index contributed by atoms with van der Waals surface area (Å²) in [4.78, 5) is 30.7. The van der Waals surface area contributed by atoms with E-state index in [9.17, 15) is 9.59 Å². The van der Waals surface area contributed by atoms with Gasteiger partial charge in [-0.3, -0.25) is 9.59 Å². The van der Waals surface area contributed by atoms with Crippen molar-refractivity contribution >= 4 is 46.1 Å². The van der Waals surface area contributed by atoms with Crippen molar-refractivity contribution in [2.45, 2.75) is 12.8 Å². The number of amides is 2. The van der Waals surface area contributed by atoms with Gasteiger partial charge in [0.25, 0.3) is 5.91 Å². The van der Waals surface area contributed by atoms with E-state index in [-0.39, 0.29) is 17.7 Å². The number of primary amides is 1. The molecule has 22 heavy (non-hydrogen) atoms. The first kappa shape index (κ1) is 15.5. The molecule has 2 amide bonds. The number of hydrogen-bond acceptors (Lipinski definition) is 5. The maximum atomic E-state index is 12.5. The average molecular weight is 356 g/mol. The zero-order valence-electron chi connectivity index (χ0n) is 11.6. The molecule has 1 aliphatic heterocycles. The fraction of sp³-hybridized carbons (Fsp3) is 0.357. The maximum Gasteiger partial charge on any atom is 0.273 e. The van der Waals surface area contributed by atoms with Crippen molar-refractivity contribution in [3.63, 3.8) is 0 Å². The van der Waals surface area contributed by atoms with E-state index in [4.69, 9.17) is 17.3 Å². The highest BCUT2D eigenvalue weighted by Crippen LogP contribution is 2.33. The Bertz CT molecular complexity index is 705. The van der Waals surface area contributed by atoms with E-state index in [0.717, 1.165) is 9.88 Å². The molecular weight excluding hydrogens is 342 g/mol. The second-order valence-corrected chi connectivity index (χ2v) is 7.68. The predicted octanol–water partition coefficient (Wildman–Crippen LogP) is 2.86. The summed E-state index contributed by atoms with van der Waals surface area (Å²) in [5.74, 6) is -0.492. The number of piperidine rings is 1. The van der Waals surface area contributed by atoms with Crippen LogP contribution in [0.15, 0.2) is 17.5 Å². The second kappa shape index (κ2) is 6.36. The molecule has 2 aromatic heterocycles. The van der Waals surface area contributed by atoms with Gasteiger partial charge in [0.05, 0.1) is 9.21 Å². The number of carbonyl (C=O) groups is 2. The molecule has 8 heteroatoms. The smallest absolute Gasteiger partial charge is 0.273 e. The summed E-state index contributed by atoms with van der Waals surface area (Å²) in [5, 5.41) is 2.57. The van der Waals surface area contributed by atoms with Crippen molar-refractivity contribution in [2.24, 2.45) is 11.7 Å². The van der Waals surface area contributed by atoms with E-state index < -0.39 is 0 Å². The van der Waals surface area contributed by atoms with Crippen molar-refractivity contribution in [2.75, 3.05) is 13.1 Å². The van der Waals surface area contributed by atoms with Gasteiger partial charge in [-0.1, -0.05) is 11.6 Å². The zero-order chi connectivity index (χ0) is 15.7. The van der Waals surface area contributed by atoms with Gasteiger partial charge in [-0.15, -0.1) is 22.7 Å². The molecule has 1 fully saturated rings. The van der Waals surface area contributed by atoms with Gasteiger partial charge in [0.2, 0.25) is 5.91 Å². The summed E-state index contributed by atoms with van der Waals surface area (Å²) >= 11 is 8.80. The van der Waals surface area contributed by atoms with Gasteiger partial charge in [-0.25, -0.2) is 4.98 Å². The molecule has 0 spiro atoms. The molecule has 3 heterocycles. The fourth-order valence-electron chi connectivity index (χ4n) is 2.44. The van der Waals surface area contributed by atoms with Crippen molar-refractivity contribution in [3.05, 3.63) is 27.5 Å². The minimum Gasteiger partial charge on any atom is -0.369 e. The fourth-order valence-corrected chi connectivity index (χ4v) is 4.35. The van der Waals surface area contributed by atoms with Crippen LogP contribution in [-0.4, -0.2) is 34.8 Å². The van der Waals surface area contributed by atoms with E-state index in [1.165, 1.54) is 22.7 Å². The van der Waals surface area contributed by atoms with E-state index in [1.54, 1.807) is 10.3 Å². The number of likely N-dealkylation sites (tertiary alicyclic amines) is 1. The van der Waals surface area contributed by atoms with Crippen LogP contribution < -0.4 is 5.73 Å². The Morgan fingerprint density at radius 3 is 2.64 bits per heavy atom. The SMILES string of the molecule is NC(=O)C1CCN(C(=O)c2csc(-c3ccc(Cl)s3)n2)CC1. The van der Waals surface area contributed by atoms with Gasteiger partial charge in [-0.2, -0.15) is 0 Å². The minimum atomic E-state index is -0.280. The lowest BCUT2D eigenvalue weighted by atomic mass is 9.96. The molecule has 0 aromatic carbocycles. The van der Waals surface area contributed by atoms with Crippen LogP contribution >= 0.6 is 34.3 Å². The highest BCUT2D eigenvalue weighted by atomic mass is 35.5. The molecule has 2 N–H and O–H groups in total. The molecule has 116 valence electrons. The minimum absolute atomic E-state index is 0.0897. The Hall–Kier alpha value is -1.44. The number of thiophene rings is 1. The van der Waals surface area contributed by atoms with Gasteiger partial charge >= 0.3 is 0 Å². The quantitative estimate of drug-likeness (QED) is 0.919. The number of rotatable bonds is 3. The van der Waals surface area contributed by atoms with Crippen LogP contribution in [0, 0.1) is 5.92 Å². The molecule has 0 radical (unpaired) electrons. The number of thiazole rings is 1. The average Bonchev–Trinajstić information content (AvgIpc) is 3.15. The van der Waals surface area contributed by atoms with Crippen LogP contribution in [0.4, 0.5) is 0 Å². The van der Waals surface area contributed by atoms with Crippen molar-refractivity contribution in [1.82, 2.24) is 9.88 Å². The number of halogens is 1. The molecular formula is C14H14ClN3O2S2. The van der Waals surface area contributed by atoms with Crippen LogP contribution in [-0.2, 0) is 4.79 Å². The van der Waals surface area contributed by atoms with E-state index in [2.05, 4.69) is 4.98 Å². The van der Waals surface area contributed by atoms with Gasteiger partial charge in [0.1, 0.15) is 10.7 Å². The van der Waals surface area contributed by atoms with Crippen LogP contribution in [0.2, 0.25) is 4.34 Å². The third-order valence-electron chi connectivity index (χ3n) is 3.69. The summed E-state index contributed by atoms with van der Waals surface area (Å²) in [6, 6.07) is 3.72. The molecule has 3 rings (SSSR count). The lowest BCUT2D eigenvalue weighted by molar-refractivity contribution is -0.123. The topological polar surface area (TPSA) is 76.3 Å². The van der Waals surface area contributed by atoms with E-state index >= 15 is 0 Å². The standard InChI is InChI=1S/C14H14ClN3O2S2/c15-11-2-1-10(22-11)13-17-9(7-21-13)14(20)18-5-3-8(4-6-18)12(16)19/h1-2,7-8H,3-6H2,(H2,16,19). The van der Waals surface area contributed by atoms with Crippen LogP contribution in [0.1, 0.15) is 23.3 Å². The number of hydrogen-bond donors (Lipinski definition) is 1. The van der Waals surface area contributed by atoms with E-state index in [0.29, 0.717) is 36.0 Å². The molecule has 0 saturated carbocycles. The largest absolute Gasteiger partial charge is 0.369 e. The highest BCUT2D eigenvalue weighted by molar-refractivity contribution is 7.23. The molecule has 0 atom stereocenters. The normalized spacial score (nSPS) is 16.0. The summed E-state index contributed by atoms with van der Waals surface area (Å²) in [5.41, 5.74) is 5.75. The third kappa shape index (κ3) is 3.16. The Morgan fingerprint density at radius 1 is 1.32 bits per heavy atom. The first-order chi connectivity index (χ1) is 10.5. The van der Waals surface area contributed by atoms with Gasteiger partial charge < -0.3 is 10.6 Å². The zero-order valence-corrected chi connectivity index (χ0v) is 14.0. The lowest BCUT2D eigenvalue weighted by Gasteiger charge is -2.30. The highest BCUT2D eigenvalue weighted by Gasteiger charge is 2.27. The van der Waals surface area contributed by atoms with Crippen LogP contribution in [0.25, 0.3) is 9.88 Å². The van der Waals surface area contributed by atoms with Gasteiger partial charge in [-0.05, 0) is 25.0 Å². The molecule has 0 aliphatic carbocycles. The lowest BCUT2D eigenvalue weighted by Crippen LogP contribution is -2.41. The molecule has 1 saturated heterocycles. The van der Waals surface area contributed by atoms with Crippen molar-refractivity contribution < 1.29 is 9.59 Å². The number of carbonyl (C=O) groups excluding carboxylic acids is 2. The third-order valence-corrected chi connectivity index (χ3v) is 5.93. The van der Waals surface area contributed by atoms with Crippen molar-refractivity contribution in [1.29, 1.82) is 0 Å². The Labute approximate surface area is 140 Å². The number of nitrogens with two attached hydrogens (primary N) is 1. The Balaban J connectivity index is 1.69. The summed E-state index contributed by atoms with van der Waals surface area (Å²) in [7, 11) is 0. The molecule has 0 bridgehead atoms. The predicted molar refractivity (Wildman–Crippen MR) is 88.3 cm³/mol. The molecule has 2 aromatic rings. The van der Waals surface area contributed by atoms with Gasteiger partial charge in [0.15, 0.2) is 0 Å². The summed E-state index contributed by atoms with van der Waals surface area (Å²) < 4.78 is 0.701. The summed E-state index contributed by atoms with van der Waals surface area (Å²) in [6.07, 6.45) is 1.25. The van der Waals surface area contributed by atoms with E-state index in [1.807, 2.05) is 12.1 Å². The molecule has 1 aliphatic rings. The van der Waals surface area contributed by atoms with Crippen LogP contribution in [0.3, 0.4) is 0 Å². The first-order valence-electron chi connectivity index (χ1n) is 6.84. The van der Waals surface area contributed by atoms with Crippen molar-refractivity contribution in [3.8, 4) is 9.88 Å². The maximum absolute atomic E-state index is 12.5. The molecule has 0 unspecified atom stereocenters. The monoisotopic (exact) mass is 355 g/mol. The van der Waals surface area contributed by atoms with Gasteiger partial charge in [0, 0.05) is 24.4 Å². The Morgan fingerprint density at radius 2 is 2.05 bits per heavy atom. The number of aromatic nitrogens is 1. The van der Waals surface area contributed by atoms with Crippen LogP contribution in [0.5, 0.6) is 0 Å². The summed E-state index contributed by atoms with van der Waals surface area (Å²) in [6.45, 7) is 1.09.